The number of hydrogen-bond donors (Lipinski definition) is 1. The standard InChI is InChI=1S/C8H8BrN3/c1-3-6(2)12-8-5-10-7(9)4-11-8/h1,4-6H,2H3,(H,11,12). The van der Waals surface area contributed by atoms with Gasteiger partial charge in [0.05, 0.1) is 18.4 Å². The summed E-state index contributed by atoms with van der Waals surface area (Å²) < 4.78 is 0.710. The van der Waals surface area contributed by atoms with Gasteiger partial charge in [-0.2, -0.15) is 0 Å². The predicted molar refractivity (Wildman–Crippen MR) is 51.6 cm³/mol. The van der Waals surface area contributed by atoms with E-state index in [4.69, 9.17) is 6.42 Å². The van der Waals surface area contributed by atoms with Crippen LogP contribution in [-0.2, 0) is 0 Å². The number of nitrogens with one attached hydrogen (secondary N) is 1. The molecule has 0 fully saturated rings. The van der Waals surface area contributed by atoms with Gasteiger partial charge in [-0.1, -0.05) is 5.92 Å². The van der Waals surface area contributed by atoms with E-state index in [-0.39, 0.29) is 6.04 Å². The van der Waals surface area contributed by atoms with Crippen LogP contribution in [0.2, 0.25) is 0 Å². The highest BCUT2D eigenvalue weighted by atomic mass is 79.9. The molecule has 0 saturated carbocycles. The largest absolute Gasteiger partial charge is 0.355 e. The van der Waals surface area contributed by atoms with Crippen LogP contribution in [0.25, 0.3) is 0 Å². The summed E-state index contributed by atoms with van der Waals surface area (Å²) in [7, 11) is 0. The van der Waals surface area contributed by atoms with E-state index in [9.17, 15) is 0 Å². The normalized spacial score (nSPS) is 11.8. The summed E-state index contributed by atoms with van der Waals surface area (Å²) in [4.78, 5) is 8.04. The summed E-state index contributed by atoms with van der Waals surface area (Å²) in [5, 5.41) is 2.99. The van der Waals surface area contributed by atoms with Gasteiger partial charge in [-0.3, -0.25) is 0 Å². The molecule has 0 aliphatic carbocycles. The fraction of sp³-hybridized carbons (Fsp3) is 0.250. The number of anilines is 1. The van der Waals surface area contributed by atoms with Crippen LogP contribution in [0.3, 0.4) is 0 Å². The van der Waals surface area contributed by atoms with Crippen molar-refractivity contribution in [3.8, 4) is 12.3 Å². The van der Waals surface area contributed by atoms with E-state index < -0.39 is 0 Å². The van der Waals surface area contributed by atoms with Crippen molar-refractivity contribution in [3.05, 3.63) is 17.0 Å². The lowest BCUT2D eigenvalue weighted by Crippen LogP contribution is -2.13. The molecule has 12 heavy (non-hydrogen) atoms. The Bertz CT molecular complexity index is 288. The molecule has 1 rings (SSSR count). The van der Waals surface area contributed by atoms with Crippen LogP contribution in [0.5, 0.6) is 0 Å². The number of rotatable bonds is 2. The van der Waals surface area contributed by atoms with E-state index in [2.05, 4.69) is 37.1 Å². The molecule has 0 aliphatic heterocycles. The Balaban J connectivity index is 2.66. The van der Waals surface area contributed by atoms with E-state index in [0.717, 1.165) is 0 Å². The summed E-state index contributed by atoms with van der Waals surface area (Å²) in [5.74, 6) is 3.22. The molecule has 4 heteroatoms. The van der Waals surface area contributed by atoms with Gasteiger partial charge in [-0.15, -0.1) is 6.42 Å². The molecule has 0 saturated heterocycles. The molecular formula is C8H8BrN3. The van der Waals surface area contributed by atoms with E-state index in [1.54, 1.807) is 12.4 Å². The maximum atomic E-state index is 5.18. The van der Waals surface area contributed by atoms with Crippen molar-refractivity contribution >= 4 is 21.7 Å². The molecular weight excluding hydrogens is 218 g/mol. The monoisotopic (exact) mass is 225 g/mol. The summed E-state index contributed by atoms with van der Waals surface area (Å²) >= 11 is 3.19. The Labute approximate surface area is 79.7 Å². The molecule has 1 aromatic heterocycles. The third-order valence-corrected chi connectivity index (χ3v) is 1.64. The fourth-order valence-corrected chi connectivity index (χ4v) is 0.855. The molecule has 0 spiro atoms. The van der Waals surface area contributed by atoms with Crippen LogP contribution >= 0.6 is 15.9 Å². The minimum atomic E-state index is -0.0273. The van der Waals surface area contributed by atoms with Crippen LogP contribution in [0, 0.1) is 12.3 Å². The van der Waals surface area contributed by atoms with Crippen molar-refractivity contribution < 1.29 is 0 Å². The van der Waals surface area contributed by atoms with Gasteiger partial charge in [-0.25, -0.2) is 9.97 Å². The first kappa shape index (κ1) is 9.01. The zero-order valence-electron chi connectivity index (χ0n) is 6.58. The zero-order valence-corrected chi connectivity index (χ0v) is 8.17. The van der Waals surface area contributed by atoms with Crippen molar-refractivity contribution in [2.24, 2.45) is 0 Å². The Kier molecular flexibility index (Phi) is 3.06. The average Bonchev–Trinajstić information content (AvgIpc) is 2.09. The van der Waals surface area contributed by atoms with Gasteiger partial charge in [0.25, 0.3) is 0 Å². The van der Waals surface area contributed by atoms with E-state index in [0.29, 0.717) is 10.4 Å². The minimum Gasteiger partial charge on any atom is -0.355 e. The smallest absolute Gasteiger partial charge is 0.145 e. The molecule has 1 aromatic rings. The zero-order chi connectivity index (χ0) is 8.97. The van der Waals surface area contributed by atoms with Gasteiger partial charge in [0, 0.05) is 0 Å². The number of terminal acetylenes is 1. The van der Waals surface area contributed by atoms with E-state index in [1.165, 1.54) is 0 Å². The van der Waals surface area contributed by atoms with Crippen LogP contribution in [-0.4, -0.2) is 16.0 Å². The second-order valence-corrected chi connectivity index (χ2v) is 3.07. The Morgan fingerprint density at radius 3 is 2.83 bits per heavy atom. The highest BCUT2D eigenvalue weighted by Crippen LogP contribution is 2.06. The molecule has 0 aromatic carbocycles. The van der Waals surface area contributed by atoms with E-state index in [1.807, 2.05) is 6.92 Å². The summed E-state index contributed by atoms with van der Waals surface area (Å²) in [6.07, 6.45) is 8.42. The quantitative estimate of drug-likeness (QED) is 0.779. The maximum absolute atomic E-state index is 5.18. The average molecular weight is 226 g/mol. The molecule has 1 heterocycles. The van der Waals surface area contributed by atoms with Gasteiger partial charge >= 0.3 is 0 Å². The summed E-state index contributed by atoms with van der Waals surface area (Å²) in [6, 6.07) is -0.0273. The molecule has 62 valence electrons. The first-order valence-electron chi connectivity index (χ1n) is 3.42. The Hall–Kier alpha value is -1.08. The molecule has 0 aliphatic rings. The third-order valence-electron chi connectivity index (χ3n) is 1.23. The van der Waals surface area contributed by atoms with Gasteiger partial charge in [0.1, 0.15) is 10.4 Å². The molecule has 3 nitrogen and oxygen atoms in total. The summed E-state index contributed by atoms with van der Waals surface area (Å²) in [5.41, 5.74) is 0. The SMILES string of the molecule is C#CC(C)Nc1cnc(Br)cn1. The molecule has 0 radical (unpaired) electrons. The molecule has 1 unspecified atom stereocenters. The Morgan fingerprint density at radius 2 is 2.33 bits per heavy atom. The number of nitrogens with zero attached hydrogens (tertiary/aromatic N) is 2. The van der Waals surface area contributed by atoms with Gasteiger partial charge in [0.15, 0.2) is 0 Å². The van der Waals surface area contributed by atoms with Crippen LogP contribution < -0.4 is 5.32 Å². The second kappa shape index (κ2) is 4.07. The number of aromatic nitrogens is 2. The van der Waals surface area contributed by atoms with Crippen molar-refractivity contribution in [1.29, 1.82) is 0 Å². The Morgan fingerprint density at radius 1 is 1.58 bits per heavy atom. The van der Waals surface area contributed by atoms with Gasteiger partial charge in [0.2, 0.25) is 0 Å². The van der Waals surface area contributed by atoms with Crippen LogP contribution in [0.15, 0.2) is 17.0 Å². The predicted octanol–water partition coefficient (Wildman–Crippen LogP) is 1.67. The highest BCUT2D eigenvalue weighted by Gasteiger charge is 1.97. The van der Waals surface area contributed by atoms with Crippen LogP contribution in [0.1, 0.15) is 6.92 Å². The van der Waals surface area contributed by atoms with Crippen molar-refractivity contribution in [3.63, 3.8) is 0 Å². The number of hydrogen-bond acceptors (Lipinski definition) is 3. The third kappa shape index (κ3) is 2.51. The molecule has 0 bridgehead atoms. The second-order valence-electron chi connectivity index (χ2n) is 2.26. The van der Waals surface area contributed by atoms with Crippen molar-refractivity contribution in [2.75, 3.05) is 5.32 Å². The van der Waals surface area contributed by atoms with Crippen LogP contribution in [0.4, 0.5) is 5.82 Å². The lowest BCUT2D eigenvalue weighted by molar-refractivity contribution is 1.00. The highest BCUT2D eigenvalue weighted by molar-refractivity contribution is 9.10. The topological polar surface area (TPSA) is 37.8 Å². The lowest BCUT2D eigenvalue weighted by atomic mass is 10.3. The van der Waals surface area contributed by atoms with Gasteiger partial charge < -0.3 is 5.32 Å². The molecule has 1 atom stereocenters. The summed E-state index contributed by atoms with van der Waals surface area (Å²) in [6.45, 7) is 1.88. The van der Waals surface area contributed by atoms with Crippen molar-refractivity contribution in [1.82, 2.24) is 9.97 Å². The van der Waals surface area contributed by atoms with Crippen molar-refractivity contribution in [2.45, 2.75) is 13.0 Å². The van der Waals surface area contributed by atoms with E-state index >= 15 is 0 Å². The first-order chi connectivity index (χ1) is 5.72. The maximum Gasteiger partial charge on any atom is 0.145 e. The first-order valence-corrected chi connectivity index (χ1v) is 4.22. The lowest BCUT2D eigenvalue weighted by Gasteiger charge is -2.06. The van der Waals surface area contributed by atoms with Gasteiger partial charge in [-0.05, 0) is 22.9 Å². The number of halogens is 1. The minimum absolute atomic E-state index is 0.0273. The molecule has 0 amide bonds. The fourth-order valence-electron chi connectivity index (χ4n) is 0.650. The molecule has 1 N–H and O–H groups in total.